The van der Waals surface area contributed by atoms with Crippen molar-refractivity contribution < 1.29 is 27.2 Å². The quantitative estimate of drug-likeness (QED) is 0.269. The van der Waals surface area contributed by atoms with Gasteiger partial charge in [0, 0.05) is 11.1 Å². The van der Waals surface area contributed by atoms with Crippen LogP contribution in [0.15, 0.2) is 61.2 Å². The highest BCUT2D eigenvalue weighted by Gasteiger charge is 2.11. The van der Waals surface area contributed by atoms with Gasteiger partial charge >= 0.3 is 0 Å². The fraction of sp³-hybridized carbons (Fsp3) is 0. The number of halogens is 6. The molecule has 36 heavy (non-hydrogen) atoms. The van der Waals surface area contributed by atoms with Crippen LogP contribution in [0.2, 0.25) is 10.6 Å². The molecule has 0 fully saturated rings. The van der Waals surface area contributed by atoms with Gasteiger partial charge in [0.1, 0.15) is 0 Å². The number of aromatic nitrogens is 4. The summed E-state index contributed by atoms with van der Waals surface area (Å²) < 4.78 is 51.3. The molecule has 0 bridgehead atoms. The maximum Gasteiger partial charge on any atom is 0.255 e. The summed E-state index contributed by atoms with van der Waals surface area (Å²) in [6.07, 6.45) is 5.19. The molecule has 0 radical (unpaired) electrons. The zero-order valence-corrected chi connectivity index (χ0v) is 19.2. The second kappa shape index (κ2) is 12.0. The lowest BCUT2D eigenvalue weighted by molar-refractivity contribution is 0.101. The van der Waals surface area contributed by atoms with Crippen molar-refractivity contribution in [3.05, 3.63) is 106 Å². The van der Waals surface area contributed by atoms with E-state index in [2.05, 4.69) is 30.6 Å². The molecule has 0 aliphatic heterocycles. The Morgan fingerprint density at radius 2 is 0.917 bits per heavy atom. The Labute approximate surface area is 210 Å². The van der Waals surface area contributed by atoms with Crippen molar-refractivity contribution in [3.8, 4) is 0 Å². The van der Waals surface area contributed by atoms with Crippen molar-refractivity contribution in [1.29, 1.82) is 0 Å². The third-order valence-corrected chi connectivity index (χ3v) is 4.51. The van der Waals surface area contributed by atoms with Crippen molar-refractivity contribution >= 4 is 46.4 Å². The molecule has 0 saturated heterocycles. The van der Waals surface area contributed by atoms with E-state index in [4.69, 9.17) is 23.2 Å². The highest BCUT2D eigenvalue weighted by atomic mass is 35.5. The molecule has 14 heteroatoms. The van der Waals surface area contributed by atoms with Crippen LogP contribution in [-0.2, 0) is 0 Å². The van der Waals surface area contributed by atoms with Gasteiger partial charge < -0.3 is 10.6 Å². The van der Waals surface area contributed by atoms with Gasteiger partial charge in [-0.25, -0.2) is 37.5 Å². The Bertz CT molecular complexity index is 1290. The number of rotatable bonds is 4. The average molecular weight is 539 g/mol. The first-order chi connectivity index (χ1) is 17.1. The maximum atomic E-state index is 12.9. The summed E-state index contributed by atoms with van der Waals surface area (Å²) in [6.45, 7) is 0. The van der Waals surface area contributed by atoms with Crippen LogP contribution in [0.25, 0.3) is 0 Å². The van der Waals surface area contributed by atoms with Crippen molar-refractivity contribution in [1.82, 2.24) is 19.9 Å². The molecule has 4 rings (SSSR count). The van der Waals surface area contributed by atoms with Crippen LogP contribution >= 0.6 is 23.2 Å². The second-order valence-corrected chi connectivity index (χ2v) is 7.32. The van der Waals surface area contributed by atoms with E-state index >= 15 is 0 Å². The normalized spacial score (nSPS) is 10.2. The van der Waals surface area contributed by atoms with E-state index in [1.807, 2.05) is 0 Å². The van der Waals surface area contributed by atoms with Gasteiger partial charge in [0.15, 0.2) is 23.3 Å². The standard InChI is InChI=1S/2C11H6ClF2N3O/c2*12-11-15-4-7(5-16-11)17-10(18)6-1-2-8(13)9(14)3-6/h2*1-5H,(H,17,18). The molecule has 4 aromatic rings. The molecule has 2 heterocycles. The van der Waals surface area contributed by atoms with E-state index in [0.717, 1.165) is 24.3 Å². The number of carbonyl (C=O) groups is 2. The Morgan fingerprint density at radius 3 is 1.22 bits per heavy atom. The van der Waals surface area contributed by atoms with Gasteiger partial charge in [-0.3, -0.25) is 9.59 Å². The first-order valence-corrected chi connectivity index (χ1v) is 10.4. The minimum atomic E-state index is -1.09. The maximum absolute atomic E-state index is 12.9. The minimum absolute atomic E-state index is 0.0103. The van der Waals surface area contributed by atoms with Crippen LogP contribution in [-0.4, -0.2) is 31.8 Å². The van der Waals surface area contributed by atoms with E-state index in [-0.39, 0.29) is 21.7 Å². The molecular weight excluding hydrogens is 527 g/mol. The highest BCUT2D eigenvalue weighted by molar-refractivity contribution is 6.28. The molecular formula is C22H12Cl2F4N6O2. The van der Waals surface area contributed by atoms with Gasteiger partial charge in [0.2, 0.25) is 10.6 Å². The Hall–Kier alpha value is -4.16. The fourth-order valence-corrected chi connectivity index (χ4v) is 2.63. The van der Waals surface area contributed by atoms with Crippen LogP contribution in [0.5, 0.6) is 0 Å². The van der Waals surface area contributed by atoms with E-state index in [9.17, 15) is 27.2 Å². The van der Waals surface area contributed by atoms with Gasteiger partial charge in [-0.1, -0.05) is 0 Å². The van der Waals surface area contributed by atoms with Crippen molar-refractivity contribution in [2.45, 2.75) is 0 Å². The SMILES string of the molecule is O=C(Nc1cnc(Cl)nc1)c1ccc(F)c(F)c1.O=C(Nc1cnc(Cl)nc1)c1ccc(F)c(F)c1. The lowest BCUT2D eigenvalue weighted by Gasteiger charge is -2.04. The number of amides is 2. The third kappa shape index (κ3) is 7.42. The number of hydrogen-bond donors (Lipinski definition) is 2. The second-order valence-electron chi connectivity index (χ2n) is 6.65. The van der Waals surface area contributed by atoms with Gasteiger partial charge in [-0.2, -0.15) is 0 Å². The number of benzene rings is 2. The molecule has 184 valence electrons. The molecule has 0 atom stereocenters. The molecule has 2 N–H and O–H groups in total. The van der Waals surface area contributed by atoms with Gasteiger partial charge in [0.05, 0.1) is 36.2 Å². The van der Waals surface area contributed by atoms with E-state index in [0.29, 0.717) is 11.4 Å². The van der Waals surface area contributed by atoms with Crippen molar-refractivity contribution in [2.75, 3.05) is 10.6 Å². The lowest BCUT2D eigenvalue weighted by atomic mass is 10.2. The number of hydrogen-bond acceptors (Lipinski definition) is 6. The molecule has 0 spiro atoms. The number of carbonyl (C=O) groups excluding carboxylic acids is 2. The molecule has 2 amide bonds. The average Bonchev–Trinajstić information content (AvgIpc) is 2.85. The minimum Gasteiger partial charge on any atom is -0.319 e. The van der Waals surface area contributed by atoms with Crippen LogP contribution in [0, 0.1) is 23.3 Å². The first-order valence-electron chi connectivity index (χ1n) is 9.60. The predicted octanol–water partition coefficient (Wildman–Crippen LogP) is 5.32. The summed E-state index contributed by atoms with van der Waals surface area (Å²) in [4.78, 5) is 38.0. The Morgan fingerprint density at radius 1 is 0.583 bits per heavy atom. The predicted molar refractivity (Wildman–Crippen MR) is 123 cm³/mol. The molecule has 0 unspecified atom stereocenters. The van der Waals surface area contributed by atoms with Crippen LogP contribution in [0.1, 0.15) is 20.7 Å². The molecule has 0 aliphatic carbocycles. The molecule has 2 aromatic heterocycles. The van der Waals surface area contributed by atoms with Gasteiger partial charge in [-0.05, 0) is 59.6 Å². The largest absolute Gasteiger partial charge is 0.319 e. The van der Waals surface area contributed by atoms with E-state index in [1.54, 1.807) is 0 Å². The topological polar surface area (TPSA) is 110 Å². The Balaban J connectivity index is 0.000000201. The molecule has 0 aliphatic rings. The lowest BCUT2D eigenvalue weighted by Crippen LogP contribution is -2.12. The number of nitrogens with one attached hydrogen (secondary N) is 2. The van der Waals surface area contributed by atoms with Gasteiger partial charge in [0.25, 0.3) is 11.8 Å². The van der Waals surface area contributed by atoms with Crippen molar-refractivity contribution in [3.63, 3.8) is 0 Å². The number of anilines is 2. The Kier molecular flexibility index (Phi) is 8.81. The first kappa shape index (κ1) is 26.4. The molecule has 0 saturated carbocycles. The van der Waals surface area contributed by atoms with Crippen LogP contribution < -0.4 is 10.6 Å². The zero-order chi connectivity index (χ0) is 26.2. The highest BCUT2D eigenvalue weighted by Crippen LogP contribution is 2.13. The van der Waals surface area contributed by atoms with Gasteiger partial charge in [-0.15, -0.1) is 0 Å². The fourth-order valence-electron chi connectivity index (χ4n) is 2.43. The van der Waals surface area contributed by atoms with E-state index < -0.39 is 35.1 Å². The summed E-state index contributed by atoms with van der Waals surface area (Å²) in [5.74, 6) is -5.40. The van der Waals surface area contributed by atoms with Crippen molar-refractivity contribution in [2.24, 2.45) is 0 Å². The summed E-state index contributed by atoms with van der Waals surface area (Å²) in [5.41, 5.74) is 0.580. The smallest absolute Gasteiger partial charge is 0.255 e. The van der Waals surface area contributed by atoms with Crippen LogP contribution in [0.3, 0.4) is 0 Å². The zero-order valence-electron chi connectivity index (χ0n) is 17.6. The van der Waals surface area contributed by atoms with Crippen LogP contribution in [0.4, 0.5) is 28.9 Å². The summed E-state index contributed by atoms with van der Waals surface area (Å²) in [7, 11) is 0. The summed E-state index contributed by atoms with van der Waals surface area (Å²) in [6, 6.07) is 5.71. The van der Waals surface area contributed by atoms with E-state index in [1.165, 1.54) is 36.9 Å². The third-order valence-electron chi connectivity index (χ3n) is 4.12. The number of nitrogens with zero attached hydrogens (tertiary/aromatic N) is 4. The monoisotopic (exact) mass is 538 g/mol. The summed E-state index contributed by atoms with van der Waals surface area (Å²) in [5, 5.41) is 4.93. The molecule has 2 aromatic carbocycles. The molecule has 8 nitrogen and oxygen atoms in total. The summed E-state index contributed by atoms with van der Waals surface area (Å²) >= 11 is 11.0.